The van der Waals surface area contributed by atoms with Gasteiger partial charge in [0, 0.05) is 32.7 Å². The number of hydrogen-bond acceptors (Lipinski definition) is 8. The minimum absolute atomic E-state index is 0.0966. The first kappa shape index (κ1) is 31.7. The number of carbonyl (C=O) groups is 2. The standard InChI is InChI=1S/C31H36F2N6O4S/c1-31(2,19-37-10-12-43-13-11-37)15-21(16-34)29(42)38-9-3-4-22(38)17-39-24-6-5-20(18-40)14-23(24)35-30(39)36-28(41)26-8-7-25(44-26)27(32)33/h5-8,14-15,22,27,40H,3-4,9-13,17-19H2,1-2H3,(H,35,36,41). The van der Waals surface area contributed by atoms with Gasteiger partial charge < -0.3 is 19.3 Å². The van der Waals surface area contributed by atoms with E-state index >= 15 is 0 Å². The van der Waals surface area contributed by atoms with E-state index in [-0.39, 0.29) is 39.8 Å². The third kappa shape index (κ3) is 7.15. The highest BCUT2D eigenvalue weighted by atomic mass is 32.1. The van der Waals surface area contributed by atoms with Gasteiger partial charge in [-0.2, -0.15) is 5.26 Å². The van der Waals surface area contributed by atoms with E-state index in [0.29, 0.717) is 67.2 Å². The lowest BCUT2D eigenvalue weighted by atomic mass is 9.89. The second-order valence-corrected chi connectivity index (χ2v) is 12.9. The summed E-state index contributed by atoms with van der Waals surface area (Å²) in [6, 6.07) is 9.70. The molecule has 0 radical (unpaired) electrons. The summed E-state index contributed by atoms with van der Waals surface area (Å²) in [6.07, 6.45) is 0.530. The van der Waals surface area contributed by atoms with Crippen LogP contribution in [0.15, 0.2) is 42.0 Å². The van der Waals surface area contributed by atoms with Crippen molar-refractivity contribution in [3.8, 4) is 6.07 Å². The van der Waals surface area contributed by atoms with E-state index in [4.69, 9.17) is 4.74 Å². The zero-order chi connectivity index (χ0) is 31.4. The second kappa shape index (κ2) is 13.5. The quantitative estimate of drug-likeness (QED) is 0.250. The molecule has 1 aromatic carbocycles. The summed E-state index contributed by atoms with van der Waals surface area (Å²) in [5.74, 6) is -0.702. The number of fused-ring (bicyclic) bond motifs is 1. The highest BCUT2D eigenvalue weighted by molar-refractivity contribution is 7.14. The molecule has 1 unspecified atom stereocenters. The first-order valence-corrected chi connectivity index (χ1v) is 15.4. The van der Waals surface area contributed by atoms with Gasteiger partial charge in [-0.25, -0.2) is 13.8 Å². The van der Waals surface area contributed by atoms with Crippen LogP contribution in [0.3, 0.4) is 0 Å². The van der Waals surface area contributed by atoms with Crippen molar-refractivity contribution in [1.82, 2.24) is 19.4 Å². The lowest BCUT2D eigenvalue weighted by Crippen LogP contribution is -2.42. The monoisotopic (exact) mass is 626 g/mol. The summed E-state index contributed by atoms with van der Waals surface area (Å²) in [4.78, 5) is 35.3. The Balaban J connectivity index is 1.39. The number of benzene rings is 1. The Morgan fingerprint density at radius 1 is 1.25 bits per heavy atom. The Morgan fingerprint density at radius 3 is 2.70 bits per heavy atom. The van der Waals surface area contributed by atoms with Crippen molar-refractivity contribution >= 4 is 40.1 Å². The van der Waals surface area contributed by atoms with Crippen molar-refractivity contribution < 1.29 is 28.2 Å². The van der Waals surface area contributed by atoms with E-state index < -0.39 is 17.7 Å². The minimum Gasteiger partial charge on any atom is -0.392 e. The van der Waals surface area contributed by atoms with Gasteiger partial charge in [-0.3, -0.25) is 19.8 Å². The number of aromatic nitrogens is 2. The number of likely N-dealkylation sites (tertiary alicyclic amines) is 1. The summed E-state index contributed by atoms with van der Waals surface area (Å²) in [6.45, 7) is 8.25. The third-order valence-electron chi connectivity index (χ3n) is 7.94. The van der Waals surface area contributed by atoms with Crippen LogP contribution in [0.25, 0.3) is 11.0 Å². The summed E-state index contributed by atoms with van der Waals surface area (Å²) < 4.78 is 33.5. The molecule has 2 amide bonds. The maximum absolute atomic E-state index is 13.8. The maximum atomic E-state index is 13.8. The molecule has 2 N–H and O–H groups in total. The fraction of sp³-hybridized carbons (Fsp3) is 0.484. The number of thiophene rings is 1. The fourth-order valence-corrected chi connectivity index (χ4v) is 6.64. The van der Waals surface area contributed by atoms with E-state index in [0.717, 1.165) is 19.5 Å². The van der Waals surface area contributed by atoms with Gasteiger partial charge in [0.25, 0.3) is 18.2 Å². The number of alkyl halides is 2. The van der Waals surface area contributed by atoms with Crippen LogP contribution >= 0.6 is 11.3 Å². The second-order valence-electron chi connectivity index (χ2n) is 11.8. The smallest absolute Gasteiger partial charge is 0.272 e. The molecule has 4 heterocycles. The van der Waals surface area contributed by atoms with Crippen LogP contribution in [0.1, 0.15) is 53.2 Å². The number of nitriles is 1. The van der Waals surface area contributed by atoms with Crippen LogP contribution in [0.2, 0.25) is 0 Å². The molecule has 3 aromatic rings. The average molecular weight is 627 g/mol. The number of ether oxygens (including phenoxy) is 1. The summed E-state index contributed by atoms with van der Waals surface area (Å²) >= 11 is 0.714. The number of anilines is 1. The highest BCUT2D eigenvalue weighted by Crippen LogP contribution is 2.30. The van der Waals surface area contributed by atoms with E-state index in [1.165, 1.54) is 12.1 Å². The lowest BCUT2D eigenvalue weighted by Gasteiger charge is -2.33. The van der Waals surface area contributed by atoms with Gasteiger partial charge in [0.15, 0.2) is 0 Å². The number of aliphatic hydroxyl groups is 1. The van der Waals surface area contributed by atoms with Crippen LogP contribution in [0, 0.1) is 16.7 Å². The Bertz CT molecular complexity index is 1590. The highest BCUT2D eigenvalue weighted by Gasteiger charge is 2.33. The molecule has 2 aliphatic heterocycles. The van der Waals surface area contributed by atoms with Crippen LogP contribution in [0.5, 0.6) is 0 Å². The van der Waals surface area contributed by atoms with Crippen LogP contribution in [-0.4, -0.2) is 81.7 Å². The molecule has 0 spiro atoms. The zero-order valence-corrected chi connectivity index (χ0v) is 25.6. The lowest BCUT2D eigenvalue weighted by molar-refractivity contribution is -0.127. The molecule has 44 heavy (non-hydrogen) atoms. The molecule has 0 bridgehead atoms. The van der Waals surface area contributed by atoms with Crippen molar-refractivity contribution in [3.63, 3.8) is 0 Å². The molecule has 2 saturated heterocycles. The predicted molar refractivity (Wildman–Crippen MR) is 162 cm³/mol. The molecule has 0 aliphatic carbocycles. The fourth-order valence-electron chi connectivity index (χ4n) is 5.88. The Hall–Kier alpha value is -3.70. The van der Waals surface area contributed by atoms with Gasteiger partial charge in [-0.15, -0.1) is 11.3 Å². The molecule has 1 atom stereocenters. The number of amides is 2. The van der Waals surface area contributed by atoms with E-state index in [1.54, 1.807) is 33.7 Å². The first-order valence-electron chi connectivity index (χ1n) is 14.6. The summed E-state index contributed by atoms with van der Waals surface area (Å²) in [5.41, 5.74) is 1.53. The number of carbonyl (C=O) groups excluding carboxylic acids is 2. The molecule has 2 aromatic heterocycles. The molecule has 5 rings (SSSR count). The number of halogens is 2. The molecular formula is C31H36F2N6O4S. The van der Waals surface area contributed by atoms with Gasteiger partial charge >= 0.3 is 0 Å². The molecule has 13 heteroatoms. The Labute approximate surface area is 258 Å². The number of hydrogen-bond donors (Lipinski definition) is 2. The largest absolute Gasteiger partial charge is 0.392 e. The number of morpholine rings is 1. The average Bonchev–Trinajstić information content (AvgIpc) is 3.75. The first-order chi connectivity index (χ1) is 21.1. The number of nitrogens with one attached hydrogen (secondary N) is 1. The van der Waals surface area contributed by atoms with Gasteiger partial charge in [-0.05, 0) is 48.1 Å². The van der Waals surface area contributed by atoms with Crippen molar-refractivity contribution in [2.24, 2.45) is 5.41 Å². The van der Waals surface area contributed by atoms with Crippen LogP contribution in [0.4, 0.5) is 14.7 Å². The van der Waals surface area contributed by atoms with Crippen LogP contribution < -0.4 is 5.32 Å². The number of aliphatic hydroxyl groups excluding tert-OH is 1. The predicted octanol–water partition coefficient (Wildman–Crippen LogP) is 4.58. The molecular weight excluding hydrogens is 590 g/mol. The SMILES string of the molecule is CC(C)(C=C(C#N)C(=O)N1CCCC1Cn1c(NC(=O)c2ccc(C(F)F)s2)nc2cc(CO)ccc21)CN1CCOCC1. The van der Waals surface area contributed by atoms with Crippen LogP contribution in [-0.2, 0) is 22.7 Å². The maximum Gasteiger partial charge on any atom is 0.272 e. The molecule has 2 aliphatic rings. The summed E-state index contributed by atoms with van der Waals surface area (Å²) in [7, 11) is 0. The van der Waals surface area contributed by atoms with Gasteiger partial charge in [-0.1, -0.05) is 26.0 Å². The van der Waals surface area contributed by atoms with Crippen molar-refractivity contribution in [2.75, 3.05) is 44.7 Å². The van der Waals surface area contributed by atoms with Crippen molar-refractivity contribution in [3.05, 3.63) is 57.3 Å². The topological polar surface area (TPSA) is 124 Å². The zero-order valence-electron chi connectivity index (χ0n) is 24.8. The van der Waals surface area contributed by atoms with Gasteiger partial charge in [0.1, 0.15) is 11.6 Å². The minimum atomic E-state index is -2.67. The van der Waals surface area contributed by atoms with E-state index in [1.807, 2.05) is 13.8 Å². The normalized spacial score (nSPS) is 18.2. The Morgan fingerprint density at radius 2 is 2.02 bits per heavy atom. The summed E-state index contributed by atoms with van der Waals surface area (Å²) in [5, 5.41) is 22.4. The number of imidazole rings is 1. The van der Waals surface area contributed by atoms with Crippen molar-refractivity contribution in [2.45, 2.75) is 52.3 Å². The number of rotatable bonds is 10. The molecule has 10 nitrogen and oxygen atoms in total. The van der Waals surface area contributed by atoms with E-state index in [9.17, 15) is 28.7 Å². The number of nitrogens with zero attached hydrogens (tertiary/aromatic N) is 5. The molecule has 234 valence electrons. The van der Waals surface area contributed by atoms with E-state index in [2.05, 4.69) is 21.3 Å². The third-order valence-corrected chi connectivity index (χ3v) is 9.03. The Kier molecular flexibility index (Phi) is 9.75. The van der Waals surface area contributed by atoms with Gasteiger partial charge in [0.05, 0.1) is 46.7 Å². The molecule has 0 saturated carbocycles. The van der Waals surface area contributed by atoms with Crippen molar-refractivity contribution in [1.29, 1.82) is 5.26 Å². The molecule has 2 fully saturated rings. The van der Waals surface area contributed by atoms with Gasteiger partial charge in [0.2, 0.25) is 5.95 Å².